The molecule has 12 heavy (non-hydrogen) atoms. The molecule has 2 atom stereocenters. The highest BCUT2D eigenvalue weighted by Gasteiger charge is 2.28. The van der Waals surface area contributed by atoms with Crippen LogP contribution in [0.3, 0.4) is 0 Å². The average molecular weight is 168 g/mol. The fourth-order valence-electron chi connectivity index (χ4n) is 1.81. The quantitative estimate of drug-likeness (QED) is 0.629. The van der Waals surface area contributed by atoms with Crippen molar-refractivity contribution in [1.82, 2.24) is 9.78 Å². The third-order valence-corrected chi connectivity index (χ3v) is 2.47. The smallest absolute Gasteiger partial charge is 0.122 e. The Balaban J connectivity index is 2.19. The first-order chi connectivity index (χ1) is 5.77. The minimum Gasteiger partial charge on any atom is -0.266 e. The van der Waals surface area contributed by atoms with Crippen LogP contribution in [0.5, 0.6) is 0 Å². The van der Waals surface area contributed by atoms with Gasteiger partial charge in [-0.3, -0.25) is 4.68 Å². The molecule has 2 nitrogen and oxygen atoms in total. The van der Waals surface area contributed by atoms with Crippen LogP contribution in [0.25, 0.3) is 0 Å². The van der Waals surface area contributed by atoms with Crippen molar-refractivity contribution >= 4 is 0 Å². The van der Waals surface area contributed by atoms with Crippen LogP contribution in [0.2, 0.25) is 0 Å². The maximum atomic E-state index is 13.2. The summed E-state index contributed by atoms with van der Waals surface area (Å²) in [6.07, 6.45) is 5.63. The van der Waals surface area contributed by atoms with Crippen LogP contribution in [0.4, 0.5) is 4.39 Å². The topological polar surface area (TPSA) is 17.8 Å². The summed E-state index contributed by atoms with van der Waals surface area (Å²) in [4.78, 5) is 0. The Labute approximate surface area is 71.4 Å². The van der Waals surface area contributed by atoms with Gasteiger partial charge in [-0.15, -0.1) is 0 Å². The number of aromatic nitrogens is 2. The second-order valence-corrected chi connectivity index (χ2v) is 3.51. The number of aryl methyl sites for hydroxylation is 1. The van der Waals surface area contributed by atoms with E-state index in [0.717, 1.165) is 18.4 Å². The molecule has 1 aliphatic carbocycles. The lowest BCUT2D eigenvalue weighted by Crippen LogP contribution is -2.14. The zero-order valence-electron chi connectivity index (χ0n) is 7.20. The number of rotatable bonds is 1. The van der Waals surface area contributed by atoms with Gasteiger partial charge in [-0.25, -0.2) is 4.39 Å². The van der Waals surface area contributed by atoms with Gasteiger partial charge in [0.15, 0.2) is 0 Å². The third kappa shape index (κ3) is 1.24. The van der Waals surface area contributed by atoms with Crippen molar-refractivity contribution in [1.29, 1.82) is 0 Å². The molecule has 0 N–H and O–H groups in total. The van der Waals surface area contributed by atoms with Crippen molar-refractivity contribution in [3.63, 3.8) is 0 Å². The van der Waals surface area contributed by atoms with Gasteiger partial charge >= 0.3 is 0 Å². The molecule has 0 radical (unpaired) electrons. The molecule has 66 valence electrons. The molecule has 0 spiro atoms. The Morgan fingerprint density at radius 1 is 1.58 bits per heavy atom. The Morgan fingerprint density at radius 2 is 2.42 bits per heavy atom. The van der Waals surface area contributed by atoms with Gasteiger partial charge in [0.1, 0.15) is 6.17 Å². The summed E-state index contributed by atoms with van der Waals surface area (Å²) in [7, 11) is 0. The Morgan fingerprint density at radius 3 is 2.92 bits per heavy atom. The SMILES string of the molecule is Cc1cnn([C@@H]2CCC[C@H]2F)c1. The fourth-order valence-corrected chi connectivity index (χ4v) is 1.81. The lowest BCUT2D eigenvalue weighted by atomic mass is 10.2. The second-order valence-electron chi connectivity index (χ2n) is 3.51. The monoisotopic (exact) mass is 168 g/mol. The van der Waals surface area contributed by atoms with Gasteiger partial charge in [0.25, 0.3) is 0 Å². The first-order valence-corrected chi connectivity index (χ1v) is 4.42. The summed E-state index contributed by atoms with van der Waals surface area (Å²) in [5.74, 6) is 0. The van der Waals surface area contributed by atoms with Gasteiger partial charge in [0.05, 0.1) is 12.2 Å². The first kappa shape index (κ1) is 7.77. The van der Waals surface area contributed by atoms with Crippen molar-refractivity contribution in [2.24, 2.45) is 0 Å². The highest BCUT2D eigenvalue weighted by Crippen LogP contribution is 2.31. The van der Waals surface area contributed by atoms with Crippen molar-refractivity contribution in [2.45, 2.75) is 38.4 Å². The maximum absolute atomic E-state index is 13.2. The number of alkyl halides is 1. The van der Waals surface area contributed by atoms with Gasteiger partial charge in [0, 0.05) is 6.20 Å². The van der Waals surface area contributed by atoms with Crippen LogP contribution in [0.15, 0.2) is 12.4 Å². The van der Waals surface area contributed by atoms with E-state index in [4.69, 9.17) is 0 Å². The molecule has 0 saturated heterocycles. The van der Waals surface area contributed by atoms with Crippen LogP contribution in [-0.4, -0.2) is 16.0 Å². The molecular weight excluding hydrogens is 155 g/mol. The molecule has 1 aromatic rings. The highest BCUT2D eigenvalue weighted by molar-refractivity contribution is 5.01. The standard InChI is InChI=1S/C9H13FN2/c1-7-5-11-12(6-7)9-4-2-3-8(9)10/h5-6,8-9H,2-4H2,1H3/t8-,9-/m1/s1. The zero-order chi connectivity index (χ0) is 8.55. The predicted molar refractivity (Wildman–Crippen MR) is 44.7 cm³/mol. The molecule has 2 rings (SSSR count). The van der Waals surface area contributed by atoms with Crippen LogP contribution < -0.4 is 0 Å². The van der Waals surface area contributed by atoms with E-state index >= 15 is 0 Å². The summed E-state index contributed by atoms with van der Waals surface area (Å²) >= 11 is 0. The molecule has 0 bridgehead atoms. The minimum absolute atomic E-state index is 0.00120. The van der Waals surface area contributed by atoms with E-state index < -0.39 is 6.17 Å². The molecule has 0 unspecified atom stereocenters. The molecule has 1 saturated carbocycles. The van der Waals surface area contributed by atoms with Gasteiger partial charge in [-0.05, 0) is 31.7 Å². The van der Waals surface area contributed by atoms with E-state index in [-0.39, 0.29) is 6.04 Å². The van der Waals surface area contributed by atoms with Crippen molar-refractivity contribution in [3.8, 4) is 0 Å². The number of halogens is 1. The van der Waals surface area contributed by atoms with E-state index in [1.54, 1.807) is 10.9 Å². The van der Waals surface area contributed by atoms with Gasteiger partial charge < -0.3 is 0 Å². The summed E-state index contributed by atoms with van der Waals surface area (Å²) in [5.41, 5.74) is 1.11. The predicted octanol–water partition coefficient (Wildman–Crippen LogP) is 2.25. The van der Waals surface area contributed by atoms with Crippen LogP contribution in [-0.2, 0) is 0 Å². The fraction of sp³-hybridized carbons (Fsp3) is 0.667. The van der Waals surface area contributed by atoms with E-state index in [1.165, 1.54) is 0 Å². The minimum atomic E-state index is -0.690. The number of hydrogen-bond acceptors (Lipinski definition) is 1. The van der Waals surface area contributed by atoms with Crippen molar-refractivity contribution in [3.05, 3.63) is 18.0 Å². The lowest BCUT2D eigenvalue weighted by molar-refractivity contribution is 0.250. The Bertz CT molecular complexity index is 269. The molecule has 1 aliphatic rings. The largest absolute Gasteiger partial charge is 0.266 e. The van der Waals surface area contributed by atoms with E-state index in [1.807, 2.05) is 13.1 Å². The summed E-state index contributed by atoms with van der Waals surface area (Å²) < 4.78 is 15.0. The number of hydrogen-bond donors (Lipinski definition) is 0. The third-order valence-electron chi connectivity index (χ3n) is 2.47. The van der Waals surface area contributed by atoms with Crippen molar-refractivity contribution < 1.29 is 4.39 Å². The van der Waals surface area contributed by atoms with Gasteiger partial charge in [-0.1, -0.05) is 0 Å². The molecule has 0 amide bonds. The normalized spacial score (nSPS) is 29.5. The molecular formula is C9H13FN2. The molecule has 1 heterocycles. The average Bonchev–Trinajstić information content (AvgIpc) is 2.58. The lowest BCUT2D eigenvalue weighted by Gasteiger charge is -2.12. The summed E-state index contributed by atoms with van der Waals surface area (Å²) in [6.45, 7) is 1.98. The molecule has 1 aromatic heterocycles. The zero-order valence-corrected chi connectivity index (χ0v) is 7.20. The molecule has 3 heteroatoms. The first-order valence-electron chi connectivity index (χ1n) is 4.42. The van der Waals surface area contributed by atoms with E-state index in [9.17, 15) is 4.39 Å². The van der Waals surface area contributed by atoms with Gasteiger partial charge in [0.2, 0.25) is 0 Å². The van der Waals surface area contributed by atoms with Crippen LogP contribution in [0.1, 0.15) is 30.9 Å². The van der Waals surface area contributed by atoms with Crippen LogP contribution >= 0.6 is 0 Å². The highest BCUT2D eigenvalue weighted by atomic mass is 19.1. The Hall–Kier alpha value is -0.860. The molecule has 1 fully saturated rings. The van der Waals surface area contributed by atoms with Gasteiger partial charge in [-0.2, -0.15) is 5.10 Å². The summed E-state index contributed by atoms with van der Waals surface area (Å²) in [6, 6.07) is -0.00120. The maximum Gasteiger partial charge on any atom is 0.122 e. The molecule has 0 aromatic carbocycles. The van der Waals surface area contributed by atoms with E-state index in [0.29, 0.717) is 6.42 Å². The summed E-state index contributed by atoms with van der Waals surface area (Å²) in [5, 5.41) is 4.12. The van der Waals surface area contributed by atoms with E-state index in [2.05, 4.69) is 5.10 Å². The molecule has 0 aliphatic heterocycles. The van der Waals surface area contributed by atoms with Crippen LogP contribution in [0, 0.1) is 6.92 Å². The Kier molecular flexibility index (Phi) is 1.87. The van der Waals surface area contributed by atoms with Crippen molar-refractivity contribution in [2.75, 3.05) is 0 Å². The second kappa shape index (κ2) is 2.88. The number of nitrogens with zero attached hydrogens (tertiary/aromatic N) is 2.